The number of nitrogens with one attached hydrogen (secondary N) is 1. The highest BCUT2D eigenvalue weighted by Gasteiger charge is 2.26. The van der Waals surface area contributed by atoms with Crippen LogP contribution in [-0.4, -0.2) is 25.8 Å². The predicted molar refractivity (Wildman–Crippen MR) is 71.3 cm³/mol. The fourth-order valence-electron chi connectivity index (χ4n) is 2.33. The van der Waals surface area contributed by atoms with E-state index in [4.69, 9.17) is 5.73 Å². The normalized spacial score (nSPS) is 20.7. The maximum Gasteiger partial charge on any atom is 0.213 e. The van der Waals surface area contributed by atoms with Crippen LogP contribution in [0.15, 0.2) is 0 Å². The summed E-state index contributed by atoms with van der Waals surface area (Å²) in [7, 11) is -3.11. The van der Waals surface area contributed by atoms with Gasteiger partial charge in [-0.3, -0.25) is 0 Å². The Labute approximate surface area is 105 Å². The van der Waals surface area contributed by atoms with Gasteiger partial charge in [-0.15, -0.1) is 0 Å². The van der Waals surface area contributed by atoms with Crippen molar-refractivity contribution in [3.63, 3.8) is 0 Å². The van der Waals surface area contributed by atoms with Crippen LogP contribution in [0.2, 0.25) is 0 Å². The smallest absolute Gasteiger partial charge is 0.213 e. The first kappa shape index (κ1) is 14.9. The third-order valence-electron chi connectivity index (χ3n) is 3.62. The maximum atomic E-state index is 11.5. The van der Waals surface area contributed by atoms with Crippen molar-refractivity contribution in [2.75, 3.05) is 6.54 Å². The van der Waals surface area contributed by atoms with Gasteiger partial charge < -0.3 is 5.73 Å². The van der Waals surface area contributed by atoms with Gasteiger partial charge in [-0.2, -0.15) is 0 Å². The lowest BCUT2D eigenvalue weighted by atomic mass is 9.79. The number of sulfonamides is 1. The molecule has 1 aliphatic rings. The molecule has 1 fully saturated rings. The molecule has 0 heterocycles. The summed E-state index contributed by atoms with van der Waals surface area (Å²) in [5.74, 6) is 0. The predicted octanol–water partition coefficient (Wildman–Crippen LogP) is 1.76. The highest BCUT2D eigenvalue weighted by Crippen LogP contribution is 2.29. The van der Waals surface area contributed by atoms with Crippen LogP contribution in [0.4, 0.5) is 0 Å². The third kappa shape index (κ3) is 4.94. The molecule has 0 spiro atoms. The number of nitrogens with two attached hydrogens (primary N) is 1. The van der Waals surface area contributed by atoms with Gasteiger partial charge in [-0.05, 0) is 39.5 Å². The van der Waals surface area contributed by atoms with Gasteiger partial charge >= 0.3 is 0 Å². The Morgan fingerprint density at radius 1 is 1.24 bits per heavy atom. The van der Waals surface area contributed by atoms with Crippen molar-refractivity contribution < 1.29 is 8.42 Å². The molecular weight excluding hydrogens is 236 g/mol. The molecule has 1 rings (SSSR count). The SMILES string of the molecule is CC(C)S(=O)(=O)NCCCC1(N)CCCCC1. The molecule has 0 aliphatic heterocycles. The summed E-state index contributed by atoms with van der Waals surface area (Å²) in [6, 6.07) is 0. The minimum atomic E-state index is -3.11. The molecule has 0 unspecified atom stereocenters. The van der Waals surface area contributed by atoms with E-state index in [1.807, 2.05) is 0 Å². The molecule has 0 radical (unpaired) electrons. The zero-order chi connectivity index (χ0) is 12.9. The molecule has 102 valence electrons. The minimum absolute atomic E-state index is 0.0402. The second-order valence-electron chi connectivity index (χ2n) is 5.51. The van der Waals surface area contributed by atoms with Crippen molar-refractivity contribution in [2.45, 2.75) is 69.6 Å². The fourth-order valence-corrected chi connectivity index (χ4v) is 3.09. The molecular formula is C12H26N2O2S. The molecule has 3 N–H and O–H groups in total. The topological polar surface area (TPSA) is 72.2 Å². The van der Waals surface area contributed by atoms with Crippen molar-refractivity contribution in [2.24, 2.45) is 5.73 Å². The highest BCUT2D eigenvalue weighted by atomic mass is 32.2. The zero-order valence-corrected chi connectivity index (χ0v) is 11.9. The van der Waals surface area contributed by atoms with Gasteiger partial charge in [0.2, 0.25) is 10.0 Å². The Kier molecular flexibility index (Phi) is 5.41. The van der Waals surface area contributed by atoms with Crippen LogP contribution in [0.3, 0.4) is 0 Å². The van der Waals surface area contributed by atoms with Crippen molar-refractivity contribution in [1.29, 1.82) is 0 Å². The van der Waals surface area contributed by atoms with E-state index in [1.165, 1.54) is 19.3 Å². The van der Waals surface area contributed by atoms with E-state index < -0.39 is 10.0 Å². The number of hydrogen-bond donors (Lipinski definition) is 2. The van der Waals surface area contributed by atoms with Gasteiger partial charge in [0.1, 0.15) is 0 Å². The van der Waals surface area contributed by atoms with Crippen molar-refractivity contribution in [3.05, 3.63) is 0 Å². The Morgan fingerprint density at radius 2 is 1.82 bits per heavy atom. The maximum absolute atomic E-state index is 11.5. The summed E-state index contributed by atoms with van der Waals surface area (Å²) in [5, 5.41) is -0.357. The second kappa shape index (κ2) is 6.16. The molecule has 5 heteroatoms. The Hall–Kier alpha value is -0.130. The van der Waals surface area contributed by atoms with Crippen LogP contribution < -0.4 is 10.5 Å². The van der Waals surface area contributed by atoms with Crippen LogP contribution in [-0.2, 0) is 10.0 Å². The first-order valence-corrected chi connectivity index (χ1v) is 8.18. The monoisotopic (exact) mass is 262 g/mol. The van der Waals surface area contributed by atoms with Gasteiger partial charge in [0.05, 0.1) is 5.25 Å². The van der Waals surface area contributed by atoms with Gasteiger partial charge in [0.25, 0.3) is 0 Å². The lowest BCUT2D eigenvalue weighted by Crippen LogP contribution is -2.42. The lowest BCUT2D eigenvalue weighted by Gasteiger charge is -2.33. The summed E-state index contributed by atoms with van der Waals surface area (Å²) in [6.07, 6.45) is 7.66. The van der Waals surface area contributed by atoms with E-state index in [9.17, 15) is 8.42 Å². The molecule has 0 aromatic heterocycles. The first-order chi connectivity index (χ1) is 7.86. The molecule has 1 saturated carbocycles. The summed E-state index contributed by atoms with van der Waals surface area (Å²) >= 11 is 0. The van der Waals surface area contributed by atoms with Crippen LogP contribution in [0, 0.1) is 0 Å². The standard InChI is InChI=1S/C12H26N2O2S/c1-11(2)17(15,16)14-10-6-9-12(13)7-4-3-5-8-12/h11,14H,3-10,13H2,1-2H3. The fraction of sp³-hybridized carbons (Fsp3) is 1.00. The third-order valence-corrected chi connectivity index (χ3v) is 5.47. The minimum Gasteiger partial charge on any atom is -0.325 e. The highest BCUT2D eigenvalue weighted by molar-refractivity contribution is 7.90. The number of hydrogen-bond acceptors (Lipinski definition) is 3. The summed E-state index contributed by atoms with van der Waals surface area (Å²) < 4.78 is 25.7. The largest absolute Gasteiger partial charge is 0.325 e. The van der Waals surface area contributed by atoms with Crippen molar-refractivity contribution in [3.8, 4) is 0 Å². The van der Waals surface area contributed by atoms with E-state index >= 15 is 0 Å². The van der Waals surface area contributed by atoms with Gasteiger partial charge in [-0.25, -0.2) is 13.1 Å². The molecule has 0 bridgehead atoms. The lowest BCUT2D eigenvalue weighted by molar-refractivity contribution is 0.273. The van der Waals surface area contributed by atoms with Crippen molar-refractivity contribution in [1.82, 2.24) is 4.72 Å². The first-order valence-electron chi connectivity index (χ1n) is 6.63. The summed E-state index contributed by atoms with van der Waals surface area (Å²) in [5.41, 5.74) is 6.25. The second-order valence-corrected chi connectivity index (χ2v) is 7.84. The Balaban J connectivity index is 2.24. The average Bonchev–Trinajstić information content (AvgIpc) is 2.25. The molecule has 1 aliphatic carbocycles. The molecule has 17 heavy (non-hydrogen) atoms. The van der Waals surface area contributed by atoms with E-state index in [0.717, 1.165) is 25.7 Å². The van der Waals surface area contributed by atoms with E-state index in [2.05, 4.69) is 4.72 Å². The zero-order valence-electron chi connectivity index (χ0n) is 11.0. The van der Waals surface area contributed by atoms with E-state index in [0.29, 0.717) is 6.54 Å². The van der Waals surface area contributed by atoms with E-state index in [-0.39, 0.29) is 10.8 Å². The molecule has 4 nitrogen and oxygen atoms in total. The van der Waals surface area contributed by atoms with Gasteiger partial charge in [0, 0.05) is 12.1 Å². The van der Waals surface area contributed by atoms with Crippen LogP contribution in [0.5, 0.6) is 0 Å². The van der Waals surface area contributed by atoms with Crippen LogP contribution in [0.25, 0.3) is 0 Å². The number of rotatable bonds is 6. The molecule has 0 atom stereocenters. The Bertz CT molecular complexity index is 319. The van der Waals surface area contributed by atoms with Crippen LogP contribution in [0.1, 0.15) is 58.8 Å². The average molecular weight is 262 g/mol. The van der Waals surface area contributed by atoms with E-state index in [1.54, 1.807) is 13.8 Å². The molecule has 0 saturated heterocycles. The molecule has 0 aromatic carbocycles. The van der Waals surface area contributed by atoms with Crippen molar-refractivity contribution >= 4 is 10.0 Å². The quantitative estimate of drug-likeness (QED) is 0.716. The summed E-state index contributed by atoms with van der Waals surface area (Å²) in [6.45, 7) is 3.89. The van der Waals surface area contributed by atoms with Crippen LogP contribution >= 0.6 is 0 Å². The summed E-state index contributed by atoms with van der Waals surface area (Å²) in [4.78, 5) is 0. The molecule has 0 amide bonds. The Morgan fingerprint density at radius 3 is 2.35 bits per heavy atom. The molecule has 0 aromatic rings. The van der Waals surface area contributed by atoms with Gasteiger partial charge in [0.15, 0.2) is 0 Å². The van der Waals surface area contributed by atoms with Gasteiger partial charge in [-0.1, -0.05) is 19.3 Å².